The zero-order valence-corrected chi connectivity index (χ0v) is 21.1. The number of nitrogens with zero attached hydrogens (tertiary/aromatic N) is 1. The molecule has 2 aliphatic rings. The highest BCUT2D eigenvalue weighted by Gasteiger charge is 2.38. The van der Waals surface area contributed by atoms with Crippen molar-refractivity contribution in [3.63, 3.8) is 0 Å². The van der Waals surface area contributed by atoms with E-state index in [1.54, 1.807) is 60.4 Å². The van der Waals surface area contributed by atoms with Crippen molar-refractivity contribution in [3.8, 4) is 11.5 Å². The third-order valence-corrected chi connectivity index (χ3v) is 6.25. The monoisotopic (exact) mass is 506 g/mol. The van der Waals surface area contributed by atoms with Crippen molar-refractivity contribution in [3.05, 3.63) is 70.9 Å². The number of hydrogen-bond acceptors (Lipinski definition) is 7. The Balaban J connectivity index is 1.43. The molecule has 4 rings (SSSR count). The van der Waals surface area contributed by atoms with Crippen molar-refractivity contribution < 1.29 is 33.3 Å². The molecule has 194 valence electrons. The summed E-state index contributed by atoms with van der Waals surface area (Å²) in [5.41, 5.74) is 2.33. The predicted molar refractivity (Wildman–Crippen MR) is 137 cm³/mol. The van der Waals surface area contributed by atoms with Gasteiger partial charge in [0.1, 0.15) is 11.5 Å². The third kappa shape index (κ3) is 6.00. The van der Waals surface area contributed by atoms with Gasteiger partial charge >= 0.3 is 5.97 Å². The Morgan fingerprint density at radius 1 is 1.14 bits per heavy atom. The molecular formula is C28H30N2O7. The Labute approximate surface area is 215 Å². The highest BCUT2D eigenvalue weighted by molar-refractivity contribution is 6.16. The van der Waals surface area contributed by atoms with E-state index in [4.69, 9.17) is 18.9 Å². The van der Waals surface area contributed by atoms with Crippen molar-refractivity contribution >= 4 is 29.5 Å². The molecule has 9 nitrogen and oxygen atoms in total. The van der Waals surface area contributed by atoms with Crippen LogP contribution < -0.4 is 14.8 Å². The summed E-state index contributed by atoms with van der Waals surface area (Å²) in [6, 6.07) is 14.0. The number of nitrogens with one attached hydrogen (secondary N) is 1. The minimum atomic E-state index is -0.562. The van der Waals surface area contributed by atoms with Crippen molar-refractivity contribution in [2.24, 2.45) is 0 Å². The fourth-order valence-corrected chi connectivity index (χ4v) is 4.35. The average molecular weight is 507 g/mol. The topological polar surface area (TPSA) is 103 Å². The summed E-state index contributed by atoms with van der Waals surface area (Å²) in [4.78, 5) is 39.7. The van der Waals surface area contributed by atoms with E-state index < -0.39 is 5.97 Å². The molecule has 0 aromatic heterocycles. The zero-order valence-electron chi connectivity index (χ0n) is 21.1. The maximum Gasteiger partial charge on any atom is 0.340 e. The van der Waals surface area contributed by atoms with E-state index in [1.165, 1.54) is 14.2 Å². The molecule has 2 heterocycles. The molecule has 2 aliphatic heterocycles. The smallest absolute Gasteiger partial charge is 0.340 e. The SMILES string of the molecule is COC(=O)C1=C(C)N(C[C@H]2CCCO2)C(=O)/C1=C\c1ccc(OCC(=O)Nc2ccccc2OC)cc1. The van der Waals surface area contributed by atoms with Gasteiger partial charge in [-0.15, -0.1) is 0 Å². The minimum absolute atomic E-state index is 0.0474. The van der Waals surface area contributed by atoms with E-state index in [2.05, 4.69) is 5.32 Å². The van der Waals surface area contributed by atoms with Crippen LogP contribution in [0.2, 0.25) is 0 Å². The van der Waals surface area contributed by atoms with Crippen LogP contribution in [0.15, 0.2) is 65.4 Å². The molecule has 1 atom stereocenters. The molecule has 9 heteroatoms. The van der Waals surface area contributed by atoms with Crippen molar-refractivity contribution in [1.29, 1.82) is 0 Å². The van der Waals surface area contributed by atoms with Crippen LogP contribution in [-0.4, -0.2) is 62.8 Å². The van der Waals surface area contributed by atoms with Gasteiger partial charge in [0.15, 0.2) is 6.61 Å². The Hall–Kier alpha value is -4.11. The van der Waals surface area contributed by atoms with Crippen LogP contribution in [0.1, 0.15) is 25.3 Å². The summed E-state index contributed by atoms with van der Waals surface area (Å²) >= 11 is 0. The lowest BCUT2D eigenvalue weighted by atomic mass is 10.0. The number of benzene rings is 2. The number of rotatable bonds is 9. The number of hydrogen-bond donors (Lipinski definition) is 1. The van der Waals surface area contributed by atoms with Gasteiger partial charge in [-0.05, 0) is 55.7 Å². The lowest BCUT2D eigenvalue weighted by Gasteiger charge is -2.21. The molecule has 0 spiro atoms. The van der Waals surface area contributed by atoms with Crippen LogP contribution >= 0.6 is 0 Å². The number of allylic oxidation sites excluding steroid dienone is 1. The molecule has 1 N–H and O–H groups in total. The van der Waals surface area contributed by atoms with E-state index in [0.717, 1.165) is 12.8 Å². The van der Waals surface area contributed by atoms with E-state index in [9.17, 15) is 14.4 Å². The zero-order chi connectivity index (χ0) is 26.4. The number of para-hydroxylation sites is 2. The summed E-state index contributed by atoms with van der Waals surface area (Å²) < 4.78 is 21.5. The first kappa shape index (κ1) is 26.0. The van der Waals surface area contributed by atoms with E-state index >= 15 is 0 Å². The molecular weight excluding hydrogens is 476 g/mol. The van der Waals surface area contributed by atoms with E-state index in [0.29, 0.717) is 41.6 Å². The maximum atomic E-state index is 13.3. The van der Waals surface area contributed by atoms with Gasteiger partial charge in [0.25, 0.3) is 11.8 Å². The fraction of sp³-hybridized carbons (Fsp3) is 0.321. The predicted octanol–water partition coefficient (Wildman–Crippen LogP) is 3.56. The highest BCUT2D eigenvalue weighted by atomic mass is 16.5. The fourth-order valence-electron chi connectivity index (χ4n) is 4.35. The average Bonchev–Trinajstić information content (AvgIpc) is 3.51. The number of amides is 2. The van der Waals surface area contributed by atoms with Crippen LogP contribution in [-0.2, 0) is 23.9 Å². The number of anilines is 1. The van der Waals surface area contributed by atoms with E-state index in [1.807, 2.05) is 6.07 Å². The van der Waals surface area contributed by atoms with Gasteiger partial charge in [-0.2, -0.15) is 0 Å². The first-order valence-corrected chi connectivity index (χ1v) is 12.0. The van der Waals surface area contributed by atoms with Gasteiger partial charge in [-0.1, -0.05) is 24.3 Å². The summed E-state index contributed by atoms with van der Waals surface area (Å²) in [5, 5.41) is 2.75. The maximum absolute atomic E-state index is 13.3. The highest BCUT2D eigenvalue weighted by Crippen LogP contribution is 2.33. The van der Waals surface area contributed by atoms with Crippen molar-refractivity contribution in [2.45, 2.75) is 25.9 Å². The molecule has 2 aromatic rings. The lowest BCUT2D eigenvalue weighted by molar-refractivity contribution is -0.136. The minimum Gasteiger partial charge on any atom is -0.495 e. The Morgan fingerprint density at radius 2 is 1.89 bits per heavy atom. The molecule has 37 heavy (non-hydrogen) atoms. The number of methoxy groups -OCH3 is 2. The summed E-state index contributed by atoms with van der Waals surface area (Å²) in [6.45, 7) is 2.63. The molecule has 0 unspecified atom stereocenters. The second-order valence-electron chi connectivity index (χ2n) is 8.67. The second kappa shape index (κ2) is 11.7. The number of esters is 1. The standard InChI is InChI=1S/C28H30N2O7/c1-18-26(28(33)35-3)22(27(32)30(18)16-21-7-6-14-36-21)15-19-10-12-20(13-11-19)37-17-25(31)29-23-8-4-5-9-24(23)34-2/h4-5,8-13,15,21H,6-7,14,16-17H2,1-3H3,(H,29,31)/b22-15-/t21-/m1/s1. The van der Waals surface area contributed by atoms with E-state index in [-0.39, 0.29) is 35.7 Å². The first-order chi connectivity index (χ1) is 17.9. The van der Waals surface area contributed by atoms with Crippen LogP contribution in [0.3, 0.4) is 0 Å². The number of carbonyl (C=O) groups is 3. The molecule has 1 saturated heterocycles. The number of carbonyl (C=O) groups excluding carboxylic acids is 3. The van der Waals surface area contributed by atoms with Crippen molar-refractivity contribution in [2.75, 3.05) is 39.3 Å². The molecule has 0 radical (unpaired) electrons. The van der Waals surface area contributed by atoms with Crippen molar-refractivity contribution in [1.82, 2.24) is 4.90 Å². The molecule has 2 amide bonds. The quantitative estimate of drug-likeness (QED) is 0.410. The van der Waals surface area contributed by atoms with Gasteiger partial charge in [-0.3, -0.25) is 9.59 Å². The Morgan fingerprint density at radius 3 is 2.57 bits per heavy atom. The van der Waals surface area contributed by atoms with Crippen LogP contribution in [0.5, 0.6) is 11.5 Å². The molecule has 1 fully saturated rings. The largest absolute Gasteiger partial charge is 0.495 e. The van der Waals surface area contributed by atoms with Gasteiger partial charge in [0.05, 0.1) is 43.7 Å². The van der Waals surface area contributed by atoms with Crippen LogP contribution in [0, 0.1) is 0 Å². The second-order valence-corrected chi connectivity index (χ2v) is 8.67. The molecule has 0 bridgehead atoms. The Bertz CT molecular complexity index is 1230. The van der Waals surface area contributed by atoms with Gasteiger partial charge < -0.3 is 29.2 Å². The Kier molecular flexibility index (Phi) is 8.25. The summed E-state index contributed by atoms with van der Waals surface area (Å²) in [6.07, 6.45) is 3.44. The van der Waals surface area contributed by atoms with Gasteiger partial charge in [0.2, 0.25) is 0 Å². The number of ether oxygens (including phenoxy) is 4. The van der Waals surface area contributed by atoms with Gasteiger partial charge in [-0.25, -0.2) is 4.79 Å². The molecule has 0 saturated carbocycles. The molecule has 2 aromatic carbocycles. The third-order valence-electron chi connectivity index (χ3n) is 6.25. The summed E-state index contributed by atoms with van der Waals surface area (Å²) in [5.74, 6) is -0.119. The summed E-state index contributed by atoms with van der Waals surface area (Å²) in [7, 11) is 2.83. The van der Waals surface area contributed by atoms with Gasteiger partial charge in [0, 0.05) is 12.3 Å². The first-order valence-electron chi connectivity index (χ1n) is 12.0. The van der Waals surface area contributed by atoms with Crippen LogP contribution in [0.25, 0.3) is 6.08 Å². The normalized spacial score (nSPS) is 18.4. The lowest BCUT2D eigenvalue weighted by Crippen LogP contribution is -2.33. The molecule has 0 aliphatic carbocycles. The van der Waals surface area contributed by atoms with Crippen LogP contribution in [0.4, 0.5) is 5.69 Å².